The molecule has 1 saturated heterocycles. The van der Waals surface area contributed by atoms with Gasteiger partial charge in [-0.1, -0.05) is 0 Å². The van der Waals surface area contributed by atoms with Crippen LogP contribution in [-0.4, -0.2) is 44.3 Å². The number of nitrogens with one attached hydrogen (secondary N) is 1. The Kier molecular flexibility index (Phi) is 4.51. The van der Waals surface area contributed by atoms with Gasteiger partial charge in [0.15, 0.2) is 11.5 Å². The third-order valence-electron chi connectivity index (χ3n) is 3.97. The number of ether oxygens (including phenoxy) is 3. The molecule has 2 aliphatic heterocycles. The highest BCUT2D eigenvalue weighted by Crippen LogP contribution is 2.39. The largest absolute Gasteiger partial charge is 0.454 e. The molecule has 0 aliphatic carbocycles. The van der Waals surface area contributed by atoms with Crippen LogP contribution in [0.15, 0.2) is 12.1 Å². The van der Waals surface area contributed by atoms with E-state index < -0.39 is 6.61 Å². The van der Waals surface area contributed by atoms with Crippen LogP contribution in [0.1, 0.15) is 12.0 Å². The summed E-state index contributed by atoms with van der Waals surface area (Å²) in [5.41, 5.74) is 0.455. The monoisotopic (exact) mass is 328 g/mol. The molecule has 1 amide bonds. The fourth-order valence-electron chi connectivity index (χ4n) is 2.81. The van der Waals surface area contributed by atoms with Crippen molar-refractivity contribution < 1.29 is 27.8 Å². The van der Waals surface area contributed by atoms with Gasteiger partial charge in [-0.15, -0.1) is 0 Å². The van der Waals surface area contributed by atoms with E-state index in [0.717, 1.165) is 13.0 Å². The predicted octanol–water partition coefficient (Wildman–Crippen LogP) is 1.58. The molecule has 0 radical (unpaired) electrons. The molecule has 23 heavy (non-hydrogen) atoms. The lowest BCUT2D eigenvalue weighted by atomic mass is 10.1. The summed E-state index contributed by atoms with van der Waals surface area (Å²) in [6.07, 6.45) is 0.782. The first-order valence-corrected chi connectivity index (χ1v) is 7.37. The maximum atomic E-state index is 12.6. The van der Waals surface area contributed by atoms with E-state index in [1.54, 1.807) is 13.1 Å². The highest BCUT2D eigenvalue weighted by molar-refractivity contribution is 5.79. The molecular weight excluding hydrogens is 310 g/mol. The van der Waals surface area contributed by atoms with E-state index in [9.17, 15) is 13.6 Å². The van der Waals surface area contributed by atoms with Crippen LogP contribution in [0.3, 0.4) is 0 Å². The van der Waals surface area contributed by atoms with E-state index in [1.165, 1.54) is 11.0 Å². The van der Waals surface area contributed by atoms with Crippen LogP contribution in [0.2, 0.25) is 0 Å². The summed E-state index contributed by atoms with van der Waals surface area (Å²) in [6, 6.07) is 2.95. The number of alkyl halides is 2. The molecule has 2 aliphatic rings. The minimum Gasteiger partial charge on any atom is -0.454 e. The average molecular weight is 328 g/mol. The molecule has 1 N–H and O–H groups in total. The van der Waals surface area contributed by atoms with Crippen molar-refractivity contribution in [2.24, 2.45) is 5.92 Å². The first-order chi connectivity index (χ1) is 11.0. The first-order valence-electron chi connectivity index (χ1n) is 7.37. The van der Waals surface area contributed by atoms with Crippen LogP contribution < -0.4 is 19.5 Å². The Balaban J connectivity index is 1.78. The zero-order valence-electron chi connectivity index (χ0n) is 12.7. The molecule has 2 heterocycles. The van der Waals surface area contributed by atoms with Gasteiger partial charge in [0.25, 0.3) is 0 Å². The summed E-state index contributed by atoms with van der Waals surface area (Å²) in [4.78, 5) is 13.9. The molecule has 1 unspecified atom stereocenters. The van der Waals surface area contributed by atoms with Gasteiger partial charge in [-0.2, -0.15) is 8.78 Å². The second kappa shape index (κ2) is 6.57. The van der Waals surface area contributed by atoms with Gasteiger partial charge in [-0.3, -0.25) is 4.79 Å². The van der Waals surface area contributed by atoms with E-state index in [2.05, 4.69) is 10.1 Å². The molecule has 3 rings (SSSR count). The summed E-state index contributed by atoms with van der Waals surface area (Å²) in [5, 5.41) is 3.14. The molecule has 1 fully saturated rings. The van der Waals surface area contributed by atoms with Crippen molar-refractivity contribution in [1.82, 2.24) is 10.2 Å². The highest BCUT2D eigenvalue weighted by Gasteiger charge is 2.27. The fourth-order valence-corrected chi connectivity index (χ4v) is 2.81. The quantitative estimate of drug-likeness (QED) is 0.889. The molecule has 0 bridgehead atoms. The lowest BCUT2D eigenvalue weighted by molar-refractivity contribution is -0.134. The van der Waals surface area contributed by atoms with Gasteiger partial charge in [-0.25, -0.2) is 0 Å². The maximum absolute atomic E-state index is 12.6. The van der Waals surface area contributed by atoms with Gasteiger partial charge in [-0.05, 0) is 19.0 Å². The normalized spacial score (nSPS) is 19.2. The third-order valence-corrected chi connectivity index (χ3v) is 3.97. The minimum atomic E-state index is -2.95. The number of nitrogens with zero attached hydrogens (tertiary/aromatic N) is 1. The number of carbonyl (C=O) groups is 1. The SMILES string of the molecule is CN(Cc1cc2c(cc1OC(F)F)OCO2)C(=O)C1CCNC1. The van der Waals surface area contributed by atoms with Gasteiger partial charge >= 0.3 is 6.61 Å². The molecular formula is C15H18F2N2O4. The molecule has 8 heteroatoms. The zero-order chi connectivity index (χ0) is 16.4. The fraction of sp³-hybridized carbons (Fsp3) is 0.533. The van der Waals surface area contributed by atoms with Gasteiger partial charge in [0.2, 0.25) is 12.7 Å². The van der Waals surface area contributed by atoms with Crippen molar-refractivity contribution in [3.8, 4) is 17.2 Å². The molecule has 0 aromatic heterocycles. The van der Waals surface area contributed by atoms with E-state index in [0.29, 0.717) is 23.6 Å². The first kappa shape index (κ1) is 15.8. The number of amides is 1. The lowest BCUT2D eigenvalue weighted by Crippen LogP contribution is -2.33. The van der Waals surface area contributed by atoms with Crippen molar-refractivity contribution in [2.75, 3.05) is 26.9 Å². The Bertz CT molecular complexity index is 591. The molecule has 1 atom stereocenters. The number of hydrogen-bond acceptors (Lipinski definition) is 5. The van der Waals surface area contributed by atoms with Crippen molar-refractivity contribution in [3.05, 3.63) is 17.7 Å². The molecule has 0 saturated carbocycles. The predicted molar refractivity (Wildman–Crippen MR) is 76.6 cm³/mol. The number of hydrogen-bond donors (Lipinski definition) is 1. The summed E-state index contributed by atoms with van der Waals surface area (Å²) in [7, 11) is 1.65. The number of benzene rings is 1. The molecule has 1 aromatic rings. The van der Waals surface area contributed by atoms with Crippen LogP contribution in [0.5, 0.6) is 17.2 Å². The molecule has 6 nitrogen and oxygen atoms in total. The Morgan fingerprint density at radius 3 is 2.83 bits per heavy atom. The van der Waals surface area contributed by atoms with Gasteiger partial charge in [0.1, 0.15) is 5.75 Å². The van der Waals surface area contributed by atoms with Crippen LogP contribution >= 0.6 is 0 Å². The standard InChI is InChI=1S/C15H18F2N2O4/c1-19(14(20)9-2-3-18-6-9)7-10-4-12-13(22-8-21-12)5-11(10)23-15(16)17/h4-5,9,15,18H,2-3,6-8H2,1H3. The Hall–Kier alpha value is -2.09. The summed E-state index contributed by atoms with van der Waals surface area (Å²) in [5.74, 6) is 0.723. The van der Waals surface area contributed by atoms with Gasteiger partial charge < -0.3 is 24.4 Å². The number of rotatable bonds is 5. The Morgan fingerprint density at radius 2 is 2.17 bits per heavy atom. The topological polar surface area (TPSA) is 60.0 Å². The molecule has 1 aromatic carbocycles. The molecule has 126 valence electrons. The summed E-state index contributed by atoms with van der Waals surface area (Å²) < 4.78 is 40.2. The van der Waals surface area contributed by atoms with Crippen LogP contribution in [0.4, 0.5) is 8.78 Å². The van der Waals surface area contributed by atoms with Crippen molar-refractivity contribution in [1.29, 1.82) is 0 Å². The van der Waals surface area contributed by atoms with Crippen molar-refractivity contribution in [2.45, 2.75) is 19.6 Å². The van der Waals surface area contributed by atoms with E-state index in [-0.39, 0.29) is 30.9 Å². The number of carbonyl (C=O) groups excluding carboxylic acids is 1. The summed E-state index contributed by atoms with van der Waals surface area (Å²) in [6.45, 7) is -1.29. The van der Waals surface area contributed by atoms with E-state index in [1.807, 2.05) is 0 Å². The Morgan fingerprint density at radius 1 is 1.43 bits per heavy atom. The highest BCUT2D eigenvalue weighted by atomic mass is 19.3. The average Bonchev–Trinajstić information content (AvgIpc) is 3.16. The van der Waals surface area contributed by atoms with Gasteiger partial charge in [0.05, 0.1) is 5.92 Å². The Labute approximate surface area is 132 Å². The van der Waals surface area contributed by atoms with Crippen molar-refractivity contribution in [3.63, 3.8) is 0 Å². The third kappa shape index (κ3) is 3.47. The smallest absolute Gasteiger partial charge is 0.387 e. The zero-order valence-corrected chi connectivity index (χ0v) is 12.7. The van der Waals surface area contributed by atoms with Crippen molar-refractivity contribution >= 4 is 5.91 Å². The molecule has 0 spiro atoms. The van der Waals surface area contributed by atoms with E-state index in [4.69, 9.17) is 9.47 Å². The van der Waals surface area contributed by atoms with Crippen LogP contribution in [0.25, 0.3) is 0 Å². The van der Waals surface area contributed by atoms with Gasteiger partial charge in [0, 0.05) is 31.8 Å². The second-order valence-electron chi connectivity index (χ2n) is 5.58. The van der Waals surface area contributed by atoms with Crippen LogP contribution in [-0.2, 0) is 11.3 Å². The van der Waals surface area contributed by atoms with E-state index >= 15 is 0 Å². The second-order valence-corrected chi connectivity index (χ2v) is 5.58. The maximum Gasteiger partial charge on any atom is 0.387 e. The minimum absolute atomic E-state index is 0.00607. The lowest BCUT2D eigenvalue weighted by Gasteiger charge is -2.22. The summed E-state index contributed by atoms with van der Waals surface area (Å²) >= 11 is 0. The number of fused-ring (bicyclic) bond motifs is 1. The van der Waals surface area contributed by atoms with Crippen LogP contribution in [0, 0.1) is 5.92 Å². The number of halogens is 2.